The molecule has 0 heterocycles. The molecule has 0 saturated carbocycles. The molecule has 2 rings (SSSR count). The molecule has 0 aliphatic rings. The standard InChI is InChI=1S/C19H21ClFN3O2/c1-12-5-4-6-17(13(12)2)23-19(26)11-24(3)10-18(25)22-14-7-8-16(21)15(20)9-14/h4-9H,10-11H2,1-3H3,(H,22,25)(H,23,26). The van der Waals surface area contributed by atoms with E-state index in [-0.39, 0.29) is 29.9 Å². The fourth-order valence-electron chi connectivity index (χ4n) is 2.40. The number of rotatable bonds is 6. The van der Waals surface area contributed by atoms with Gasteiger partial charge in [-0.3, -0.25) is 14.5 Å². The molecule has 2 amide bonds. The molecule has 0 atom stereocenters. The molecule has 0 spiro atoms. The van der Waals surface area contributed by atoms with Gasteiger partial charge in [0.1, 0.15) is 5.82 Å². The van der Waals surface area contributed by atoms with Crippen molar-refractivity contribution in [2.75, 3.05) is 30.8 Å². The van der Waals surface area contributed by atoms with Crippen molar-refractivity contribution in [1.29, 1.82) is 0 Å². The number of aryl methyl sites for hydroxylation is 1. The summed E-state index contributed by atoms with van der Waals surface area (Å²) in [6.45, 7) is 3.99. The average molecular weight is 378 g/mol. The van der Waals surface area contributed by atoms with Crippen LogP contribution in [0.5, 0.6) is 0 Å². The summed E-state index contributed by atoms with van der Waals surface area (Å²) in [5.41, 5.74) is 3.26. The van der Waals surface area contributed by atoms with E-state index >= 15 is 0 Å². The van der Waals surface area contributed by atoms with Gasteiger partial charge in [0, 0.05) is 11.4 Å². The van der Waals surface area contributed by atoms with Gasteiger partial charge in [0.2, 0.25) is 11.8 Å². The second-order valence-corrected chi connectivity index (χ2v) is 6.55. The van der Waals surface area contributed by atoms with Crippen LogP contribution in [0.1, 0.15) is 11.1 Å². The number of nitrogens with one attached hydrogen (secondary N) is 2. The fraction of sp³-hybridized carbons (Fsp3) is 0.263. The van der Waals surface area contributed by atoms with Crippen LogP contribution in [0.3, 0.4) is 0 Å². The molecule has 0 unspecified atom stereocenters. The molecule has 2 aromatic carbocycles. The first-order valence-corrected chi connectivity index (χ1v) is 8.43. The van der Waals surface area contributed by atoms with Gasteiger partial charge >= 0.3 is 0 Å². The highest BCUT2D eigenvalue weighted by Gasteiger charge is 2.13. The maximum atomic E-state index is 13.1. The third kappa shape index (κ3) is 5.54. The van der Waals surface area contributed by atoms with Crippen molar-refractivity contribution in [3.8, 4) is 0 Å². The fourth-order valence-corrected chi connectivity index (χ4v) is 2.58. The van der Waals surface area contributed by atoms with E-state index in [4.69, 9.17) is 11.6 Å². The second kappa shape index (κ2) is 8.78. The lowest BCUT2D eigenvalue weighted by atomic mass is 10.1. The van der Waals surface area contributed by atoms with E-state index in [1.807, 2.05) is 32.0 Å². The van der Waals surface area contributed by atoms with Gasteiger partial charge in [0.05, 0.1) is 18.1 Å². The number of amides is 2. The van der Waals surface area contributed by atoms with Crippen molar-refractivity contribution in [2.45, 2.75) is 13.8 Å². The maximum absolute atomic E-state index is 13.1. The van der Waals surface area contributed by atoms with Crippen LogP contribution in [-0.2, 0) is 9.59 Å². The summed E-state index contributed by atoms with van der Waals surface area (Å²) in [6, 6.07) is 9.63. The number of hydrogen-bond donors (Lipinski definition) is 2. The van der Waals surface area contributed by atoms with Crippen LogP contribution >= 0.6 is 11.6 Å². The van der Waals surface area contributed by atoms with E-state index in [0.29, 0.717) is 5.69 Å². The predicted molar refractivity (Wildman–Crippen MR) is 102 cm³/mol. The molecule has 0 bridgehead atoms. The Balaban J connectivity index is 1.86. The molecule has 26 heavy (non-hydrogen) atoms. The summed E-state index contributed by atoms with van der Waals surface area (Å²) >= 11 is 5.68. The molecule has 138 valence electrons. The number of carbonyl (C=O) groups is 2. The van der Waals surface area contributed by atoms with E-state index in [1.54, 1.807) is 11.9 Å². The Morgan fingerprint density at radius 3 is 2.38 bits per heavy atom. The van der Waals surface area contributed by atoms with Crippen LogP contribution in [0.15, 0.2) is 36.4 Å². The monoisotopic (exact) mass is 377 g/mol. The second-order valence-electron chi connectivity index (χ2n) is 6.15. The van der Waals surface area contributed by atoms with E-state index in [2.05, 4.69) is 10.6 Å². The molecule has 0 aromatic heterocycles. The average Bonchev–Trinajstić information content (AvgIpc) is 2.55. The van der Waals surface area contributed by atoms with Crippen LogP contribution < -0.4 is 10.6 Å². The molecule has 5 nitrogen and oxygen atoms in total. The van der Waals surface area contributed by atoms with Crippen molar-refractivity contribution in [1.82, 2.24) is 4.90 Å². The zero-order valence-corrected chi connectivity index (χ0v) is 15.7. The Labute approximate surface area is 157 Å². The van der Waals surface area contributed by atoms with Gasteiger partial charge in [0.25, 0.3) is 0 Å². The van der Waals surface area contributed by atoms with Crippen molar-refractivity contribution >= 4 is 34.8 Å². The Morgan fingerprint density at radius 2 is 1.73 bits per heavy atom. The lowest BCUT2D eigenvalue weighted by Gasteiger charge is -2.17. The van der Waals surface area contributed by atoms with Gasteiger partial charge in [-0.05, 0) is 56.3 Å². The molecular weight excluding hydrogens is 357 g/mol. The molecule has 0 aliphatic carbocycles. The van der Waals surface area contributed by atoms with Gasteiger partial charge in [-0.25, -0.2) is 4.39 Å². The molecule has 0 saturated heterocycles. The highest BCUT2D eigenvalue weighted by Crippen LogP contribution is 2.19. The van der Waals surface area contributed by atoms with Crippen molar-refractivity contribution in [3.05, 3.63) is 58.4 Å². The SMILES string of the molecule is Cc1cccc(NC(=O)CN(C)CC(=O)Nc2ccc(F)c(Cl)c2)c1C. The normalized spacial score (nSPS) is 10.7. The number of halogens is 2. The molecule has 0 radical (unpaired) electrons. The smallest absolute Gasteiger partial charge is 0.238 e. The van der Waals surface area contributed by atoms with E-state index in [9.17, 15) is 14.0 Å². The maximum Gasteiger partial charge on any atom is 0.238 e. The highest BCUT2D eigenvalue weighted by molar-refractivity contribution is 6.31. The first kappa shape index (κ1) is 19.9. The number of anilines is 2. The van der Waals surface area contributed by atoms with E-state index in [1.165, 1.54) is 18.2 Å². The predicted octanol–water partition coefficient (Wildman–Crippen LogP) is 3.60. The van der Waals surface area contributed by atoms with Crippen molar-refractivity contribution < 1.29 is 14.0 Å². The third-order valence-electron chi connectivity index (χ3n) is 3.91. The van der Waals surface area contributed by atoms with Gasteiger partial charge in [-0.2, -0.15) is 0 Å². The summed E-state index contributed by atoms with van der Waals surface area (Å²) < 4.78 is 13.1. The third-order valence-corrected chi connectivity index (χ3v) is 4.20. The first-order valence-electron chi connectivity index (χ1n) is 8.06. The van der Waals surface area contributed by atoms with Crippen LogP contribution in [0, 0.1) is 19.7 Å². The zero-order valence-electron chi connectivity index (χ0n) is 14.9. The zero-order chi connectivity index (χ0) is 19.3. The van der Waals surface area contributed by atoms with Crippen LogP contribution in [0.2, 0.25) is 5.02 Å². The minimum atomic E-state index is -0.551. The molecule has 0 aliphatic heterocycles. The minimum absolute atomic E-state index is 0.00914. The molecule has 7 heteroatoms. The van der Waals surface area contributed by atoms with Crippen LogP contribution in [0.4, 0.5) is 15.8 Å². The van der Waals surface area contributed by atoms with Crippen molar-refractivity contribution in [3.63, 3.8) is 0 Å². The largest absolute Gasteiger partial charge is 0.325 e. The first-order chi connectivity index (χ1) is 12.3. The Kier molecular flexibility index (Phi) is 6.71. The summed E-state index contributed by atoms with van der Waals surface area (Å²) in [5, 5.41) is 5.40. The highest BCUT2D eigenvalue weighted by atomic mass is 35.5. The Hall–Kier alpha value is -2.44. The summed E-state index contributed by atoms with van der Waals surface area (Å²) in [6.07, 6.45) is 0. The Morgan fingerprint density at radius 1 is 1.08 bits per heavy atom. The summed E-state index contributed by atoms with van der Waals surface area (Å²) in [7, 11) is 1.67. The van der Waals surface area contributed by atoms with Gasteiger partial charge in [-0.1, -0.05) is 23.7 Å². The van der Waals surface area contributed by atoms with Crippen molar-refractivity contribution in [2.24, 2.45) is 0 Å². The Bertz CT molecular complexity index is 826. The van der Waals surface area contributed by atoms with Gasteiger partial charge in [-0.15, -0.1) is 0 Å². The minimum Gasteiger partial charge on any atom is -0.325 e. The number of likely N-dealkylation sites (N-methyl/N-ethyl adjacent to an activating group) is 1. The topological polar surface area (TPSA) is 61.4 Å². The van der Waals surface area contributed by atoms with Gasteiger partial charge < -0.3 is 10.6 Å². The van der Waals surface area contributed by atoms with Crippen LogP contribution in [-0.4, -0.2) is 36.9 Å². The van der Waals surface area contributed by atoms with Crippen LogP contribution in [0.25, 0.3) is 0 Å². The molecule has 0 fully saturated rings. The van der Waals surface area contributed by atoms with E-state index in [0.717, 1.165) is 16.8 Å². The summed E-state index contributed by atoms with van der Waals surface area (Å²) in [5.74, 6) is -1.08. The van der Waals surface area contributed by atoms with E-state index < -0.39 is 5.82 Å². The molecular formula is C19H21ClFN3O2. The number of carbonyl (C=O) groups excluding carboxylic acids is 2. The lowest BCUT2D eigenvalue weighted by Crippen LogP contribution is -2.36. The number of hydrogen-bond acceptors (Lipinski definition) is 3. The quantitative estimate of drug-likeness (QED) is 0.808. The number of nitrogens with zero attached hydrogens (tertiary/aromatic N) is 1. The number of benzene rings is 2. The molecule has 2 N–H and O–H groups in total. The lowest BCUT2D eigenvalue weighted by molar-refractivity contribution is -0.119. The summed E-state index contributed by atoms with van der Waals surface area (Å²) in [4.78, 5) is 25.8. The van der Waals surface area contributed by atoms with Gasteiger partial charge in [0.15, 0.2) is 0 Å². The molecule has 2 aromatic rings.